The molecule has 0 aliphatic heterocycles. The molecule has 1 aromatic rings. The highest BCUT2D eigenvalue weighted by molar-refractivity contribution is 5.32. The largest absolute Gasteiger partial charge is 0.385 e. The van der Waals surface area contributed by atoms with Gasteiger partial charge in [0.05, 0.1) is 5.60 Å². The van der Waals surface area contributed by atoms with Gasteiger partial charge in [0.1, 0.15) is 0 Å². The van der Waals surface area contributed by atoms with Gasteiger partial charge in [0.15, 0.2) is 0 Å². The van der Waals surface area contributed by atoms with Crippen molar-refractivity contribution in [2.24, 2.45) is 0 Å². The van der Waals surface area contributed by atoms with Gasteiger partial charge in [0.2, 0.25) is 0 Å². The highest BCUT2D eigenvalue weighted by Crippen LogP contribution is 2.45. The van der Waals surface area contributed by atoms with Gasteiger partial charge in [-0.1, -0.05) is 38.1 Å². The summed E-state index contributed by atoms with van der Waals surface area (Å²) in [5, 5.41) is 9.91. The summed E-state index contributed by atoms with van der Waals surface area (Å²) in [6, 6.07) is 8.33. The Balaban J connectivity index is 2.33. The van der Waals surface area contributed by atoms with Crippen LogP contribution in [0.3, 0.4) is 0 Å². The Kier molecular flexibility index (Phi) is 1.92. The van der Waals surface area contributed by atoms with Gasteiger partial charge >= 0.3 is 0 Å². The molecule has 0 unspecified atom stereocenters. The first-order valence-electron chi connectivity index (χ1n) is 4.95. The van der Waals surface area contributed by atoms with E-state index in [1.54, 1.807) is 0 Å². The lowest BCUT2D eigenvalue weighted by Gasteiger charge is -2.11. The van der Waals surface area contributed by atoms with E-state index in [1.807, 2.05) is 12.1 Å². The monoisotopic (exact) mass is 176 g/mol. The molecule has 0 aromatic heterocycles. The molecule has 0 heterocycles. The van der Waals surface area contributed by atoms with Crippen LogP contribution in [0.25, 0.3) is 0 Å². The van der Waals surface area contributed by atoms with Crippen molar-refractivity contribution in [1.82, 2.24) is 0 Å². The molecule has 1 saturated carbocycles. The van der Waals surface area contributed by atoms with Crippen LogP contribution in [0.4, 0.5) is 0 Å². The molecule has 1 aliphatic carbocycles. The van der Waals surface area contributed by atoms with Gasteiger partial charge in [-0.15, -0.1) is 0 Å². The molecule has 1 aliphatic rings. The summed E-state index contributed by atoms with van der Waals surface area (Å²) in [4.78, 5) is 0. The predicted molar refractivity (Wildman–Crippen MR) is 53.7 cm³/mol. The number of benzene rings is 1. The maximum atomic E-state index is 9.91. The van der Waals surface area contributed by atoms with E-state index in [0.717, 1.165) is 18.4 Å². The second kappa shape index (κ2) is 2.85. The van der Waals surface area contributed by atoms with Gasteiger partial charge in [0.25, 0.3) is 0 Å². The zero-order valence-electron chi connectivity index (χ0n) is 8.25. The molecule has 13 heavy (non-hydrogen) atoms. The van der Waals surface area contributed by atoms with Gasteiger partial charge in [0, 0.05) is 0 Å². The molecule has 0 saturated heterocycles. The average molecular weight is 176 g/mol. The summed E-state index contributed by atoms with van der Waals surface area (Å²) in [5.41, 5.74) is 1.93. The molecular formula is C12H16O. The first-order chi connectivity index (χ1) is 6.12. The summed E-state index contributed by atoms with van der Waals surface area (Å²) >= 11 is 0. The molecule has 0 radical (unpaired) electrons. The standard InChI is InChI=1S/C12H16O/c1-9(2)10-4-3-5-11(8-10)12(13)6-7-12/h3-5,8-9,13H,6-7H2,1-2H3. The van der Waals surface area contributed by atoms with Crippen LogP contribution in [-0.2, 0) is 5.60 Å². The lowest BCUT2D eigenvalue weighted by molar-refractivity contribution is 0.151. The molecule has 1 N–H and O–H groups in total. The van der Waals surface area contributed by atoms with Crippen LogP contribution in [0, 0.1) is 0 Å². The van der Waals surface area contributed by atoms with E-state index in [2.05, 4.69) is 26.0 Å². The number of aliphatic hydroxyl groups is 1. The van der Waals surface area contributed by atoms with Crippen molar-refractivity contribution in [2.45, 2.75) is 38.2 Å². The number of hydrogen-bond donors (Lipinski definition) is 1. The van der Waals surface area contributed by atoms with Crippen molar-refractivity contribution in [3.05, 3.63) is 35.4 Å². The van der Waals surface area contributed by atoms with E-state index in [9.17, 15) is 5.11 Å². The van der Waals surface area contributed by atoms with Gasteiger partial charge in [-0.05, 0) is 29.9 Å². The first-order valence-corrected chi connectivity index (χ1v) is 4.95. The highest BCUT2D eigenvalue weighted by atomic mass is 16.3. The minimum Gasteiger partial charge on any atom is -0.385 e. The third-order valence-corrected chi connectivity index (χ3v) is 2.81. The molecule has 0 bridgehead atoms. The fourth-order valence-electron chi connectivity index (χ4n) is 1.59. The topological polar surface area (TPSA) is 20.2 Å². The normalized spacial score (nSPS) is 19.1. The zero-order chi connectivity index (χ0) is 9.47. The second-order valence-corrected chi connectivity index (χ2v) is 4.31. The smallest absolute Gasteiger partial charge is 0.0899 e. The SMILES string of the molecule is CC(C)c1cccc(C2(O)CC2)c1. The molecule has 0 atom stereocenters. The summed E-state index contributed by atoms with van der Waals surface area (Å²) in [7, 11) is 0. The van der Waals surface area contributed by atoms with Gasteiger partial charge in [-0.25, -0.2) is 0 Å². The van der Waals surface area contributed by atoms with E-state index in [4.69, 9.17) is 0 Å². The van der Waals surface area contributed by atoms with Crippen LogP contribution in [0.1, 0.15) is 43.7 Å². The van der Waals surface area contributed by atoms with Gasteiger partial charge < -0.3 is 5.11 Å². The molecule has 2 rings (SSSR count). The summed E-state index contributed by atoms with van der Waals surface area (Å²) in [6.07, 6.45) is 1.85. The van der Waals surface area contributed by atoms with Gasteiger partial charge in [-0.2, -0.15) is 0 Å². The van der Waals surface area contributed by atoms with Crippen LogP contribution in [0.15, 0.2) is 24.3 Å². The van der Waals surface area contributed by atoms with E-state index >= 15 is 0 Å². The fraction of sp³-hybridized carbons (Fsp3) is 0.500. The second-order valence-electron chi connectivity index (χ2n) is 4.31. The minimum atomic E-state index is -0.481. The van der Waals surface area contributed by atoms with Crippen molar-refractivity contribution in [3.63, 3.8) is 0 Å². The van der Waals surface area contributed by atoms with Crippen LogP contribution in [-0.4, -0.2) is 5.11 Å². The summed E-state index contributed by atoms with van der Waals surface area (Å²) in [5.74, 6) is 0.544. The molecule has 1 fully saturated rings. The maximum absolute atomic E-state index is 9.91. The number of hydrogen-bond acceptors (Lipinski definition) is 1. The molecular weight excluding hydrogens is 160 g/mol. The molecule has 70 valence electrons. The molecule has 0 amide bonds. The van der Waals surface area contributed by atoms with E-state index < -0.39 is 5.60 Å². The Hall–Kier alpha value is -0.820. The summed E-state index contributed by atoms with van der Waals surface area (Å²) in [6.45, 7) is 4.35. The lowest BCUT2D eigenvalue weighted by atomic mass is 9.98. The van der Waals surface area contributed by atoms with Crippen molar-refractivity contribution >= 4 is 0 Å². The van der Waals surface area contributed by atoms with Crippen molar-refractivity contribution in [1.29, 1.82) is 0 Å². The van der Waals surface area contributed by atoms with Crippen molar-refractivity contribution in [3.8, 4) is 0 Å². The Morgan fingerprint density at radius 2 is 2.00 bits per heavy atom. The Labute approximate surface area is 79.4 Å². The van der Waals surface area contributed by atoms with E-state index in [-0.39, 0.29) is 0 Å². The Morgan fingerprint density at radius 3 is 2.54 bits per heavy atom. The highest BCUT2D eigenvalue weighted by Gasteiger charge is 2.42. The molecule has 1 aromatic carbocycles. The maximum Gasteiger partial charge on any atom is 0.0899 e. The van der Waals surface area contributed by atoms with Crippen LogP contribution < -0.4 is 0 Å². The minimum absolute atomic E-state index is 0.481. The zero-order valence-corrected chi connectivity index (χ0v) is 8.25. The third-order valence-electron chi connectivity index (χ3n) is 2.81. The fourth-order valence-corrected chi connectivity index (χ4v) is 1.59. The Bertz CT molecular complexity index is 311. The first kappa shape index (κ1) is 8.76. The van der Waals surface area contributed by atoms with Crippen LogP contribution in [0.5, 0.6) is 0 Å². The Morgan fingerprint density at radius 1 is 1.31 bits per heavy atom. The predicted octanol–water partition coefficient (Wildman–Crippen LogP) is 2.79. The van der Waals surface area contributed by atoms with E-state index in [0.29, 0.717) is 5.92 Å². The quantitative estimate of drug-likeness (QED) is 0.734. The molecule has 1 nitrogen and oxygen atoms in total. The summed E-state index contributed by atoms with van der Waals surface area (Å²) < 4.78 is 0. The van der Waals surface area contributed by atoms with Crippen LogP contribution in [0.2, 0.25) is 0 Å². The van der Waals surface area contributed by atoms with Gasteiger partial charge in [-0.3, -0.25) is 0 Å². The molecule has 0 spiro atoms. The lowest BCUT2D eigenvalue weighted by Crippen LogP contribution is -2.04. The van der Waals surface area contributed by atoms with E-state index in [1.165, 1.54) is 5.56 Å². The van der Waals surface area contributed by atoms with Crippen molar-refractivity contribution in [2.75, 3.05) is 0 Å². The average Bonchev–Trinajstić information content (AvgIpc) is 2.85. The van der Waals surface area contributed by atoms with Crippen LogP contribution >= 0.6 is 0 Å². The molecule has 1 heteroatoms. The third kappa shape index (κ3) is 1.61. The number of rotatable bonds is 2. The van der Waals surface area contributed by atoms with Crippen molar-refractivity contribution < 1.29 is 5.11 Å².